The van der Waals surface area contributed by atoms with Crippen molar-refractivity contribution in [2.45, 2.75) is 46.3 Å². The quantitative estimate of drug-likeness (QED) is 0.351. The SMILES string of the molecule is CCNC(=NCc1c(C)nn(C)c1C)NCC1CCCOC1c1ccccc1.I. The van der Waals surface area contributed by atoms with E-state index in [2.05, 4.69) is 59.9 Å². The fourth-order valence-corrected chi connectivity index (χ4v) is 3.84. The number of nitrogens with one attached hydrogen (secondary N) is 2. The van der Waals surface area contributed by atoms with Gasteiger partial charge in [-0.05, 0) is 39.2 Å². The molecular formula is C22H34IN5O. The van der Waals surface area contributed by atoms with Gasteiger partial charge in [0.05, 0.1) is 18.3 Å². The number of aliphatic imine (C=N–C) groups is 1. The molecule has 0 saturated carbocycles. The Hall–Kier alpha value is -1.61. The van der Waals surface area contributed by atoms with E-state index in [1.54, 1.807) is 0 Å². The molecule has 0 bridgehead atoms. The second kappa shape index (κ2) is 11.5. The highest BCUT2D eigenvalue weighted by Crippen LogP contribution is 2.33. The van der Waals surface area contributed by atoms with Gasteiger partial charge >= 0.3 is 0 Å². The molecule has 6 nitrogen and oxygen atoms in total. The summed E-state index contributed by atoms with van der Waals surface area (Å²) in [5, 5.41) is 11.4. The summed E-state index contributed by atoms with van der Waals surface area (Å²) >= 11 is 0. The predicted molar refractivity (Wildman–Crippen MR) is 129 cm³/mol. The first-order valence-corrected chi connectivity index (χ1v) is 10.3. The smallest absolute Gasteiger partial charge is 0.191 e. The largest absolute Gasteiger partial charge is 0.373 e. The van der Waals surface area contributed by atoms with Gasteiger partial charge in [-0.1, -0.05) is 30.3 Å². The van der Waals surface area contributed by atoms with Crippen LogP contribution in [0.5, 0.6) is 0 Å². The molecule has 29 heavy (non-hydrogen) atoms. The van der Waals surface area contributed by atoms with Crippen molar-refractivity contribution in [2.24, 2.45) is 18.0 Å². The normalized spacial score (nSPS) is 19.5. The predicted octanol–water partition coefficient (Wildman–Crippen LogP) is 3.88. The van der Waals surface area contributed by atoms with E-state index in [-0.39, 0.29) is 30.1 Å². The van der Waals surface area contributed by atoms with Gasteiger partial charge in [0.25, 0.3) is 0 Å². The molecule has 3 rings (SSSR count). The van der Waals surface area contributed by atoms with Gasteiger partial charge < -0.3 is 15.4 Å². The number of nitrogens with zero attached hydrogens (tertiary/aromatic N) is 3. The first-order valence-electron chi connectivity index (χ1n) is 10.3. The zero-order valence-corrected chi connectivity index (χ0v) is 20.3. The number of halogens is 1. The fraction of sp³-hybridized carbons (Fsp3) is 0.545. The number of guanidine groups is 1. The minimum absolute atomic E-state index is 0. The van der Waals surface area contributed by atoms with Crippen molar-refractivity contribution >= 4 is 29.9 Å². The first kappa shape index (κ1) is 23.7. The Balaban J connectivity index is 0.00000300. The van der Waals surface area contributed by atoms with Crippen LogP contribution in [0.15, 0.2) is 35.3 Å². The number of aryl methyl sites for hydroxylation is 2. The van der Waals surface area contributed by atoms with E-state index in [1.807, 2.05) is 18.7 Å². The number of aromatic nitrogens is 2. The Bertz CT molecular complexity index is 790. The van der Waals surface area contributed by atoms with Crippen molar-refractivity contribution in [1.29, 1.82) is 0 Å². The lowest BCUT2D eigenvalue weighted by atomic mass is 9.89. The van der Waals surface area contributed by atoms with Crippen LogP contribution in [0.3, 0.4) is 0 Å². The molecule has 0 radical (unpaired) electrons. The van der Waals surface area contributed by atoms with E-state index in [1.165, 1.54) is 16.8 Å². The maximum atomic E-state index is 6.12. The number of benzene rings is 1. The second-order valence-electron chi connectivity index (χ2n) is 7.45. The second-order valence-corrected chi connectivity index (χ2v) is 7.45. The molecule has 2 heterocycles. The third-order valence-corrected chi connectivity index (χ3v) is 5.50. The summed E-state index contributed by atoms with van der Waals surface area (Å²) in [6.45, 7) is 9.37. The van der Waals surface area contributed by atoms with Crippen LogP contribution in [-0.2, 0) is 18.3 Å². The Morgan fingerprint density at radius 1 is 1.24 bits per heavy atom. The highest BCUT2D eigenvalue weighted by atomic mass is 127. The molecule has 1 fully saturated rings. The van der Waals surface area contributed by atoms with Crippen LogP contribution < -0.4 is 10.6 Å². The number of hydrogen-bond acceptors (Lipinski definition) is 3. The van der Waals surface area contributed by atoms with E-state index in [0.29, 0.717) is 12.5 Å². The van der Waals surface area contributed by atoms with Crippen molar-refractivity contribution in [3.63, 3.8) is 0 Å². The van der Waals surface area contributed by atoms with Crippen molar-refractivity contribution in [3.8, 4) is 0 Å². The molecule has 1 aromatic carbocycles. The minimum Gasteiger partial charge on any atom is -0.373 e. The molecule has 0 aliphatic carbocycles. The summed E-state index contributed by atoms with van der Waals surface area (Å²) < 4.78 is 8.04. The van der Waals surface area contributed by atoms with Crippen LogP contribution in [0.1, 0.15) is 48.4 Å². The van der Waals surface area contributed by atoms with Crippen LogP contribution in [-0.4, -0.2) is 35.4 Å². The van der Waals surface area contributed by atoms with Crippen molar-refractivity contribution in [2.75, 3.05) is 19.7 Å². The molecular weight excluding hydrogens is 477 g/mol. The monoisotopic (exact) mass is 511 g/mol. The summed E-state index contributed by atoms with van der Waals surface area (Å²) in [6.07, 6.45) is 2.41. The van der Waals surface area contributed by atoms with Gasteiger partial charge in [0.1, 0.15) is 0 Å². The number of ether oxygens (including phenoxy) is 1. The maximum absolute atomic E-state index is 6.12. The van der Waals surface area contributed by atoms with Crippen LogP contribution in [0, 0.1) is 19.8 Å². The fourth-order valence-electron chi connectivity index (χ4n) is 3.84. The molecule has 1 saturated heterocycles. The van der Waals surface area contributed by atoms with Gasteiger partial charge in [0, 0.05) is 43.9 Å². The van der Waals surface area contributed by atoms with Crippen molar-refractivity contribution in [1.82, 2.24) is 20.4 Å². The van der Waals surface area contributed by atoms with E-state index in [9.17, 15) is 0 Å². The Kier molecular flexibility index (Phi) is 9.42. The summed E-state index contributed by atoms with van der Waals surface area (Å²) in [5.41, 5.74) is 4.67. The first-order chi connectivity index (χ1) is 13.6. The third kappa shape index (κ3) is 6.18. The van der Waals surface area contributed by atoms with Crippen molar-refractivity contribution < 1.29 is 4.74 Å². The molecule has 2 aromatic rings. The molecule has 0 spiro atoms. The standard InChI is InChI=1S/C22H33N5O.HI/c1-5-23-22(25-15-20-16(2)26-27(4)17(20)3)24-14-19-12-9-13-28-21(19)18-10-7-6-8-11-18;/h6-8,10-11,19,21H,5,9,12-15H2,1-4H3,(H2,23,24,25);1H. The molecule has 1 aliphatic heterocycles. The molecule has 7 heteroatoms. The van der Waals surface area contributed by atoms with E-state index in [4.69, 9.17) is 9.73 Å². The number of rotatable bonds is 6. The van der Waals surface area contributed by atoms with Crippen molar-refractivity contribution in [3.05, 3.63) is 52.8 Å². The molecule has 1 aliphatic rings. The van der Waals surface area contributed by atoms with Crippen LogP contribution in [0.25, 0.3) is 0 Å². The molecule has 2 N–H and O–H groups in total. The van der Waals surface area contributed by atoms with E-state index >= 15 is 0 Å². The minimum atomic E-state index is 0. The Labute approximate surface area is 191 Å². The summed E-state index contributed by atoms with van der Waals surface area (Å²) in [7, 11) is 1.98. The maximum Gasteiger partial charge on any atom is 0.191 e. The van der Waals surface area contributed by atoms with E-state index in [0.717, 1.165) is 44.2 Å². The molecule has 160 valence electrons. The van der Waals surface area contributed by atoms with Crippen LogP contribution in [0.4, 0.5) is 0 Å². The molecule has 2 unspecified atom stereocenters. The highest BCUT2D eigenvalue weighted by Gasteiger charge is 2.27. The summed E-state index contributed by atoms with van der Waals surface area (Å²) in [4.78, 5) is 4.80. The van der Waals surface area contributed by atoms with Gasteiger partial charge in [-0.3, -0.25) is 4.68 Å². The molecule has 1 aromatic heterocycles. The third-order valence-electron chi connectivity index (χ3n) is 5.50. The van der Waals surface area contributed by atoms with Gasteiger partial charge in [-0.25, -0.2) is 4.99 Å². The highest BCUT2D eigenvalue weighted by molar-refractivity contribution is 14.0. The zero-order valence-electron chi connectivity index (χ0n) is 17.9. The topological polar surface area (TPSA) is 63.5 Å². The van der Waals surface area contributed by atoms with Gasteiger partial charge in [-0.2, -0.15) is 5.10 Å². The number of hydrogen-bond donors (Lipinski definition) is 2. The molecule has 2 atom stereocenters. The average Bonchev–Trinajstić information content (AvgIpc) is 2.96. The zero-order chi connectivity index (χ0) is 19.9. The average molecular weight is 511 g/mol. The van der Waals surface area contributed by atoms with E-state index < -0.39 is 0 Å². The van der Waals surface area contributed by atoms with Gasteiger partial charge in [0.15, 0.2) is 5.96 Å². The van der Waals surface area contributed by atoms with Crippen LogP contribution in [0.2, 0.25) is 0 Å². The summed E-state index contributed by atoms with van der Waals surface area (Å²) in [5.74, 6) is 1.28. The Morgan fingerprint density at radius 2 is 2.00 bits per heavy atom. The summed E-state index contributed by atoms with van der Waals surface area (Å²) in [6, 6.07) is 10.5. The lowest BCUT2D eigenvalue weighted by molar-refractivity contribution is -0.0265. The van der Waals surface area contributed by atoms with Crippen LogP contribution >= 0.6 is 24.0 Å². The lowest BCUT2D eigenvalue weighted by Gasteiger charge is -2.32. The molecule has 0 amide bonds. The van der Waals surface area contributed by atoms with Gasteiger partial charge in [0.2, 0.25) is 0 Å². The lowest BCUT2D eigenvalue weighted by Crippen LogP contribution is -2.42. The van der Waals surface area contributed by atoms with Gasteiger partial charge in [-0.15, -0.1) is 24.0 Å². The Morgan fingerprint density at radius 3 is 2.66 bits per heavy atom.